The summed E-state index contributed by atoms with van der Waals surface area (Å²) in [4.78, 5) is 0. The molecule has 0 atom stereocenters. The van der Waals surface area contributed by atoms with Crippen LogP contribution in [0.2, 0.25) is 0 Å². The van der Waals surface area contributed by atoms with Crippen molar-refractivity contribution in [2.45, 2.75) is 80.1 Å². The Labute approximate surface area is 177 Å². The molecule has 0 aliphatic rings. The molecule has 2 heteroatoms. The first kappa shape index (κ1) is 19.9. The third-order valence-corrected chi connectivity index (χ3v) is 8.95. The fourth-order valence-corrected chi connectivity index (χ4v) is 7.82. The molecular formula is C26H32S2. The lowest BCUT2D eigenvalue weighted by atomic mass is 9.82. The SMILES string of the molecule is Cc1cc(C(C)(C)C)c(C)c2c1sc1c2sc2c(C)cc(C(C)(C)C)c(C)c21. The normalized spacial score (nSPS) is 13.4. The Hall–Kier alpha value is -1.38. The molecule has 0 spiro atoms. The molecule has 4 rings (SSSR count). The Balaban J connectivity index is 2.23. The Morgan fingerprint density at radius 2 is 0.857 bits per heavy atom. The lowest BCUT2D eigenvalue weighted by molar-refractivity contribution is 0.586. The maximum atomic E-state index is 2.43. The number of benzene rings is 2. The van der Waals surface area contributed by atoms with Crippen LogP contribution in [0, 0.1) is 27.7 Å². The van der Waals surface area contributed by atoms with Gasteiger partial charge in [-0.3, -0.25) is 0 Å². The fraction of sp³-hybridized carbons (Fsp3) is 0.462. The zero-order valence-electron chi connectivity index (χ0n) is 19.0. The van der Waals surface area contributed by atoms with Crippen molar-refractivity contribution in [2.24, 2.45) is 0 Å². The molecule has 0 saturated heterocycles. The minimum Gasteiger partial charge on any atom is -0.133 e. The average Bonchev–Trinajstić information content (AvgIpc) is 3.08. The number of aryl methyl sites for hydroxylation is 4. The largest absolute Gasteiger partial charge is 0.133 e. The van der Waals surface area contributed by atoms with Gasteiger partial charge in [0.1, 0.15) is 0 Å². The third kappa shape index (κ3) is 2.75. The smallest absolute Gasteiger partial charge is 0.0545 e. The minimum atomic E-state index is 0.166. The lowest BCUT2D eigenvalue weighted by Gasteiger charge is -2.23. The first-order valence-corrected chi connectivity index (χ1v) is 11.9. The van der Waals surface area contributed by atoms with Crippen LogP contribution in [-0.4, -0.2) is 0 Å². The van der Waals surface area contributed by atoms with Crippen LogP contribution < -0.4 is 0 Å². The van der Waals surface area contributed by atoms with E-state index in [1.165, 1.54) is 63.0 Å². The summed E-state index contributed by atoms with van der Waals surface area (Å²) < 4.78 is 5.96. The Morgan fingerprint density at radius 1 is 0.536 bits per heavy atom. The quantitative estimate of drug-likeness (QED) is 0.272. The van der Waals surface area contributed by atoms with Crippen molar-refractivity contribution in [1.82, 2.24) is 0 Å². The molecule has 0 amide bonds. The standard InChI is InChI=1S/C26H32S2/c1-13-11-17(25(5,6)7)15(3)19-21(13)27-24-20-16(4)18(26(8,9)10)12-14(2)22(20)28-23(19)24/h11-12H,1-10H3. The van der Waals surface area contributed by atoms with Gasteiger partial charge in [0.25, 0.3) is 0 Å². The molecule has 2 aromatic heterocycles. The van der Waals surface area contributed by atoms with Gasteiger partial charge in [-0.2, -0.15) is 0 Å². The number of thiophene rings is 2. The van der Waals surface area contributed by atoms with Crippen molar-refractivity contribution in [3.63, 3.8) is 0 Å². The highest BCUT2D eigenvalue weighted by molar-refractivity contribution is 7.36. The molecule has 2 heterocycles. The van der Waals surface area contributed by atoms with E-state index in [0.717, 1.165) is 0 Å². The van der Waals surface area contributed by atoms with Gasteiger partial charge in [0.15, 0.2) is 0 Å². The Morgan fingerprint density at radius 3 is 1.14 bits per heavy atom. The molecular weight excluding hydrogens is 376 g/mol. The third-order valence-electron chi connectivity index (χ3n) is 6.13. The van der Waals surface area contributed by atoms with Gasteiger partial charge < -0.3 is 0 Å². The van der Waals surface area contributed by atoms with Gasteiger partial charge in [-0.1, -0.05) is 53.7 Å². The van der Waals surface area contributed by atoms with E-state index < -0.39 is 0 Å². The van der Waals surface area contributed by atoms with Crippen LogP contribution in [0.1, 0.15) is 74.9 Å². The average molecular weight is 409 g/mol. The number of fused-ring (bicyclic) bond motifs is 5. The highest BCUT2D eigenvalue weighted by Crippen LogP contribution is 2.50. The van der Waals surface area contributed by atoms with Gasteiger partial charge in [-0.05, 0) is 71.9 Å². The van der Waals surface area contributed by atoms with Crippen LogP contribution in [0.4, 0.5) is 0 Å². The second kappa shape index (κ2) is 6.06. The van der Waals surface area contributed by atoms with Crippen LogP contribution in [0.15, 0.2) is 12.1 Å². The van der Waals surface area contributed by atoms with Crippen LogP contribution >= 0.6 is 22.7 Å². The van der Waals surface area contributed by atoms with Crippen molar-refractivity contribution in [3.8, 4) is 0 Å². The molecule has 0 radical (unpaired) electrons. The maximum Gasteiger partial charge on any atom is 0.0545 e. The van der Waals surface area contributed by atoms with Crippen LogP contribution in [0.3, 0.4) is 0 Å². The molecule has 0 aliphatic heterocycles. The van der Waals surface area contributed by atoms with E-state index in [2.05, 4.69) is 81.4 Å². The van der Waals surface area contributed by atoms with E-state index in [-0.39, 0.29) is 10.8 Å². The summed E-state index contributed by atoms with van der Waals surface area (Å²) in [6, 6.07) is 4.86. The van der Waals surface area contributed by atoms with Gasteiger partial charge in [0, 0.05) is 20.2 Å². The number of rotatable bonds is 0. The number of hydrogen-bond donors (Lipinski definition) is 0. The Kier molecular flexibility index (Phi) is 4.31. The topological polar surface area (TPSA) is 0 Å². The maximum absolute atomic E-state index is 2.43. The molecule has 0 nitrogen and oxygen atoms in total. The van der Waals surface area contributed by atoms with Crippen LogP contribution in [-0.2, 0) is 10.8 Å². The van der Waals surface area contributed by atoms with E-state index in [1.54, 1.807) is 0 Å². The van der Waals surface area contributed by atoms with E-state index in [1.807, 2.05) is 22.7 Å². The first-order chi connectivity index (χ1) is 12.8. The van der Waals surface area contributed by atoms with E-state index in [4.69, 9.17) is 0 Å². The van der Waals surface area contributed by atoms with Crippen molar-refractivity contribution in [2.75, 3.05) is 0 Å². The van der Waals surface area contributed by atoms with Gasteiger partial charge in [-0.15, -0.1) is 22.7 Å². The van der Waals surface area contributed by atoms with Crippen LogP contribution in [0.25, 0.3) is 29.6 Å². The molecule has 0 N–H and O–H groups in total. The lowest BCUT2D eigenvalue weighted by Crippen LogP contribution is -2.13. The summed E-state index contributed by atoms with van der Waals surface area (Å²) >= 11 is 4.02. The number of hydrogen-bond acceptors (Lipinski definition) is 2. The summed E-state index contributed by atoms with van der Waals surface area (Å²) in [5.74, 6) is 0. The van der Waals surface area contributed by atoms with Crippen molar-refractivity contribution in [1.29, 1.82) is 0 Å². The molecule has 28 heavy (non-hydrogen) atoms. The molecule has 0 fully saturated rings. The van der Waals surface area contributed by atoms with E-state index >= 15 is 0 Å². The van der Waals surface area contributed by atoms with Crippen molar-refractivity contribution in [3.05, 3.63) is 45.5 Å². The Bertz CT molecular complexity index is 1150. The molecule has 0 saturated carbocycles. The van der Waals surface area contributed by atoms with Gasteiger partial charge in [0.2, 0.25) is 0 Å². The predicted octanol–water partition coefficient (Wildman–Crippen LogP) is 9.10. The second-order valence-corrected chi connectivity index (χ2v) is 12.5. The highest BCUT2D eigenvalue weighted by atomic mass is 32.1. The molecule has 148 valence electrons. The molecule has 0 bridgehead atoms. The highest BCUT2D eigenvalue weighted by Gasteiger charge is 2.25. The molecule has 0 unspecified atom stereocenters. The second-order valence-electron chi connectivity index (χ2n) is 10.5. The fourth-order valence-electron chi connectivity index (χ4n) is 4.78. The summed E-state index contributed by atoms with van der Waals surface area (Å²) in [7, 11) is 0. The zero-order valence-corrected chi connectivity index (χ0v) is 20.6. The molecule has 0 aliphatic carbocycles. The first-order valence-electron chi connectivity index (χ1n) is 10.2. The summed E-state index contributed by atoms with van der Waals surface area (Å²) in [5, 5.41) is 3.00. The van der Waals surface area contributed by atoms with E-state index in [0.29, 0.717) is 0 Å². The molecule has 2 aromatic carbocycles. The van der Waals surface area contributed by atoms with E-state index in [9.17, 15) is 0 Å². The van der Waals surface area contributed by atoms with Gasteiger partial charge >= 0.3 is 0 Å². The minimum absolute atomic E-state index is 0.166. The summed E-state index contributed by atoms with van der Waals surface area (Å²) in [6.45, 7) is 23.2. The van der Waals surface area contributed by atoms with Crippen molar-refractivity contribution < 1.29 is 0 Å². The summed E-state index contributed by atoms with van der Waals surface area (Å²) in [6.07, 6.45) is 0. The predicted molar refractivity (Wildman–Crippen MR) is 131 cm³/mol. The summed E-state index contributed by atoms with van der Waals surface area (Å²) in [5.41, 5.74) is 9.09. The monoisotopic (exact) mass is 408 g/mol. The van der Waals surface area contributed by atoms with Crippen LogP contribution in [0.5, 0.6) is 0 Å². The van der Waals surface area contributed by atoms with Gasteiger partial charge in [0.05, 0.1) is 9.40 Å². The molecule has 4 aromatic rings. The van der Waals surface area contributed by atoms with Gasteiger partial charge in [-0.25, -0.2) is 0 Å². The zero-order chi connectivity index (χ0) is 20.8. The van der Waals surface area contributed by atoms with Crippen molar-refractivity contribution >= 4 is 52.2 Å².